The van der Waals surface area contributed by atoms with Crippen LogP contribution in [0, 0.1) is 0 Å². The number of rotatable bonds is 5. The van der Waals surface area contributed by atoms with Crippen molar-refractivity contribution in [3.63, 3.8) is 0 Å². The first kappa shape index (κ1) is 15.5. The predicted octanol–water partition coefficient (Wildman–Crippen LogP) is 1.28. The summed E-state index contributed by atoms with van der Waals surface area (Å²) in [5, 5.41) is 8.36. The second-order valence-corrected chi connectivity index (χ2v) is 7.03. The van der Waals surface area contributed by atoms with E-state index in [-0.39, 0.29) is 11.8 Å². The third-order valence-electron chi connectivity index (χ3n) is 4.43. The molecule has 0 aliphatic carbocycles. The van der Waals surface area contributed by atoms with Gasteiger partial charge in [0.2, 0.25) is 11.8 Å². The summed E-state index contributed by atoms with van der Waals surface area (Å²) in [6, 6.07) is 2.50. The normalized spacial score (nSPS) is 20.7. The average Bonchev–Trinajstić information content (AvgIpc) is 3.20. The first-order valence-electron chi connectivity index (χ1n) is 8.05. The number of hydrogen-bond acceptors (Lipinski definition) is 4. The molecule has 0 bridgehead atoms. The maximum absolute atomic E-state index is 12.2. The summed E-state index contributed by atoms with van der Waals surface area (Å²) in [7, 11) is 0. The molecule has 0 radical (unpaired) electrons. The molecule has 0 spiro atoms. The van der Waals surface area contributed by atoms with Crippen molar-refractivity contribution >= 4 is 23.2 Å². The molecular weight excluding hydrogens is 298 g/mol. The lowest BCUT2D eigenvalue weighted by Crippen LogP contribution is -2.38. The number of carbonyl (C=O) groups excluding carboxylic acids is 2. The molecule has 2 aliphatic rings. The van der Waals surface area contributed by atoms with Crippen LogP contribution in [0.4, 0.5) is 0 Å². The van der Waals surface area contributed by atoms with Gasteiger partial charge < -0.3 is 15.5 Å². The first-order valence-corrected chi connectivity index (χ1v) is 8.93. The third kappa shape index (κ3) is 3.87. The number of thiophene rings is 1. The molecule has 2 aliphatic heterocycles. The molecule has 120 valence electrons. The maximum atomic E-state index is 12.2. The van der Waals surface area contributed by atoms with Crippen molar-refractivity contribution in [2.75, 3.05) is 19.6 Å². The van der Waals surface area contributed by atoms with Crippen molar-refractivity contribution in [2.24, 2.45) is 0 Å². The molecule has 2 N–H and O–H groups in total. The van der Waals surface area contributed by atoms with E-state index in [1.54, 1.807) is 11.3 Å². The van der Waals surface area contributed by atoms with E-state index in [9.17, 15) is 9.59 Å². The number of nitrogens with one attached hydrogen (secondary N) is 2. The van der Waals surface area contributed by atoms with Crippen molar-refractivity contribution in [2.45, 2.75) is 44.7 Å². The van der Waals surface area contributed by atoms with E-state index in [1.165, 1.54) is 16.9 Å². The van der Waals surface area contributed by atoms with E-state index in [4.69, 9.17) is 0 Å². The Balaban J connectivity index is 1.38. The zero-order valence-electron chi connectivity index (χ0n) is 12.8. The van der Waals surface area contributed by atoms with Gasteiger partial charge in [0.15, 0.2) is 0 Å². The van der Waals surface area contributed by atoms with Gasteiger partial charge in [0.1, 0.15) is 0 Å². The standard InChI is InChI=1S/C16H23N3O2S/c20-15(18-10-13-2-1-7-17-13)3-4-16(21)19-8-5-14-12(11-19)6-9-22-14/h6,9,13,17H,1-5,7-8,10-11H2,(H,18,20). The Hall–Kier alpha value is -1.40. The minimum atomic E-state index is -0.0183. The Labute approximate surface area is 135 Å². The smallest absolute Gasteiger partial charge is 0.223 e. The first-order chi connectivity index (χ1) is 10.7. The lowest BCUT2D eigenvalue weighted by molar-refractivity contribution is -0.134. The highest BCUT2D eigenvalue weighted by atomic mass is 32.1. The van der Waals surface area contributed by atoms with Crippen LogP contribution in [-0.4, -0.2) is 42.4 Å². The van der Waals surface area contributed by atoms with Crippen LogP contribution in [0.1, 0.15) is 36.1 Å². The fourth-order valence-corrected chi connectivity index (χ4v) is 3.99. The molecule has 0 saturated carbocycles. The molecule has 0 aromatic carbocycles. The fourth-order valence-electron chi connectivity index (χ4n) is 3.10. The van der Waals surface area contributed by atoms with Crippen LogP contribution in [0.2, 0.25) is 0 Å². The predicted molar refractivity (Wildman–Crippen MR) is 86.7 cm³/mol. The second kappa shape index (κ2) is 7.24. The Bertz CT molecular complexity index is 537. The van der Waals surface area contributed by atoms with Gasteiger partial charge in [0, 0.05) is 43.4 Å². The molecule has 1 aromatic heterocycles. The largest absolute Gasteiger partial charge is 0.355 e. The highest BCUT2D eigenvalue weighted by Gasteiger charge is 2.22. The monoisotopic (exact) mass is 321 g/mol. The topological polar surface area (TPSA) is 61.4 Å². The quantitative estimate of drug-likeness (QED) is 0.859. The van der Waals surface area contributed by atoms with Gasteiger partial charge in [-0.1, -0.05) is 0 Å². The molecular formula is C16H23N3O2S. The van der Waals surface area contributed by atoms with E-state index in [0.717, 1.165) is 25.9 Å². The van der Waals surface area contributed by atoms with E-state index in [1.807, 2.05) is 4.90 Å². The molecule has 1 aromatic rings. The molecule has 3 rings (SSSR count). The van der Waals surface area contributed by atoms with Crippen LogP contribution in [0.25, 0.3) is 0 Å². The van der Waals surface area contributed by atoms with Crippen LogP contribution in [0.5, 0.6) is 0 Å². The molecule has 6 heteroatoms. The molecule has 2 amide bonds. The molecule has 1 saturated heterocycles. The van der Waals surface area contributed by atoms with Gasteiger partial charge in [-0.3, -0.25) is 9.59 Å². The van der Waals surface area contributed by atoms with Crippen molar-refractivity contribution in [1.82, 2.24) is 15.5 Å². The van der Waals surface area contributed by atoms with Gasteiger partial charge in [0.05, 0.1) is 0 Å². The molecule has 22 heavy (non-hydrogen) atoms. The number of nitrogens with zero attached hydrogens (tertiary/aromatic N) is 1. The van der Waals surface area contributed by atoms with Crippen LogP contribution in [0.3, 0.4) is 0 Å². The summed E-state index contributed by atoms with van der Waals surface area (Å²) in [6.45, 7) is 3.19. The number of hydrogen-bond donors (Lipinski definition) is 2. The Morgan fingerprint density at radius 1 is 1.41 bits per heavy atom. The van der Waals surface area contributed by atoms with Crippen LogP contribution < -0.4 is 10.6 Å². The van der Waals surface area contributed by atoms with Crippen LogP contribution in [-0.2, 0) is 22.6 Å². The highest BCUT2D eigenvalue weighted by molar-refractivity contribution is 7.10. The van der Waals surface area contributed by atoms with Gasteiger partial charge in [-0.25, -0.2) is 0 Å². The molecule has 1 fully saturated rings. The summed E-state index contributed by atoms with van der Waals surface area (Å²) in [4.78, 5) is 27.3. The summed E-state index contributed by atoms with van der Waals surface area (Å²) >= 11 is 1.77. The van der Waals surface area contributed by atoms with Gasteiger partial charge in [-0.2, -0.15) is 0 Å². The molecule has 5 nitrogen and oxygen atoms in total. The minimum Gasteiger partial charge on any atom is -0.355 e. The Morgan fingerprint density at radius 2 is 2.32 bits per heavy atom. The van der Waals surface area contributed by atoms with Gasteiger partial charge in [-0.05, 0) is 42.8 Å². The number of carbonyl (C=O) groups is 2. The molecule has 3 heterocycles. The molecule has 1 unspecified atom stereocenters. The minimum absolute atomic E-state index is 0.0183. The lowest BCUT2D eigenvalue weighted by Gasteiger charge is -2.27. The van der Waals surface area contributed by atoms with Crippen molar-refractivity contribution in [3.05, 3.63) is 21.9 Å². The summed E-state index contributed by atoms with van der Waals surface area (Å²) in [5.41, 5.74) is 1.27. The van der Waals surface area contributed by atoms with Gasteiger partial charge in [0.25, 0.3) is 0 Å². The van der Waals surface area contributed by atoms with E-state index in [2.05, 4.69) is 22.1 Å². The Kier molecular flexibility index (Phi) is 5.10. The average molecular weight is 321 g/mol. The highest BCUT2D eigenvalue weighted by Crippen LogP contribution is 2.24. The zero-order chi connectivity index (χ0) is 15.4. The van der Waals surface area contributed by atoms with Crippen molar-refractivity contribution < 1.29 is 9.59 Å². The third-order valence-corrected chi connectivity index (χ3v) is 5.46. The summed E-state index contributed by atoms with van der Waals surface area (Å²) < 4.78 is 0. The van der Waals surface area contributed by atoms with E-state index in [0.29, 0.717) is 32.0 Å². The van der Waals surface area contributed by atoms with Gasteiger partial charge in [-0.15, -0.1) is 11.3 Å². The van der Waals surface area contributed by atoms with Crippen LogP contribution >= 0.6 is 11.3 Å². The van der Waals surface area contributed by atoms with Gasteiger partial charge >= 0.3 is 0 Å². The molecule has 1 atom stereocenters. The van der Waals surface area contributed by atoms with Crippen LogP contribution in [0.15, 0.2) is 11.4 Å². The van der Waals surface area contributed by atoms with Crippen molar-refractivity contribution in [1.29, 1.82) is 0 Å². The lowest BCUT2D eigenvalue weighted by atomic mass is 10.1. The maximum Gasteiger partial charge on any atom is 0.223 e. The van der Waals surface area contributed by atoms with E-state index >= 15 is 0 Å². The fraction of sp³-hybridized carbons (Fsp3) is 0.625. The summed E-state index contributed by atoms with van der Waals surface area (Å²) in [5.74, 6) is 0.0706. The van der Waals surface area contributed by atoms with E-state index < -0.39 is 0 Å². The zero-order valence-corrected chi connectivity index (χ0v) is 13.6. The second-order valence-electron chi connectivity index (χ2n) is 6.03. The SMILES string of the molecule is O=C(CCC(=O)N1CCc2sccc2C1)NCC1CCCN1. The number of fused-ring (bicyclic) bond motifs is 1. The van der Waals surface area contributed by atoms with Crippen molar-refractivity contribution in [3.8, 4) is 0 Å². The summed E-state index contributed by atoms with van der Waals surface area (Å²) in [6.07, 6.45) is 3.84. The number of amides is 2. The Morgan fingerprint density at radius 3 is 3.14 bits per heavy atom.